The number of carbonyl (C=O) groups is 1. The van der Waals surface area contributed by atoms with Crippen LogP contribution in [0.2, 0.25) is 0 Å². The maximum atomic E-state index is 12.2. The molecule has 2 atom stereocenters. The summed E-state index contributed by atoms with van der Waals surface area (Å²) >= 11 is 1.23. The Morgan fingerprint density at radius 3 is 3.31 bits per heavy atom. The van der Waals surface area contributed by atoms with Crippen molar-refractivity contribution in [3.63, 3.8) is 0 Å². The van der Waals surface area contributed by atoms with Crippen molar-refractivity contribution in [3.05, 3.63) is 11.1 Å². The summed E-state index contributed by atoms with van der Waals surface area (Å²) in [6.45, 7) is 2.83. The first-order valence-corrected chi connectivity index (χ1v) is 6.48. The monoisotopic (exact) mass is 238 g/mol. The van der Waals surface area contributed by atoms with Gasteiger partial charge in [-0.3, -0.25) is 4.79 Å². The Hall–Kier alpha value is -1.01. The third-order valence-electron chi connectivity index (χ3n) is 3.52. The van der Waals surface area contributed by atoms with Gasteiger partial charge in [-0.2, -0.15) is 0 Å². The van der Waals surface area contributed by atoms with Crippen molar-refractivity contribution >= 4 is 17.4 Å². The van der Waals surface area contributed by atoms with Crippen LogP contribution in [0.25, 0.3) is 0 Å². The molecule has 1 aromatic rings. The van der Waals surface area contributed by atoms with E-state index in [9.17, 15) is 4.79 Å². The van der Waals surface area contributed by atoms with Crippen molar-refractivity contribution in [1.29, 1.82) is 0 Å². The van der Waals surface area contributed by atoms with Crippen molar-refractivity contribution in [2.75, 3.05) is 19.6 Å². The van der Waals surface area contributed by atoms with Gasteiger partial charge in [0, 0.05) is 31.1 Å². The molecule has 0 spiro atoms. The van der Waals surface area contributed by atoms with Crippen LogP contribution in [0.15, 0.2) is 5.38 Å². The van der Waals surface area contributed by atoms with Gasteiger partial charge in [-0.25, -0.2) is 0 Å². The number of rotatable bonds is 1. The maximum absolute atomic E-state index is 12.2. The van der Waals surface area contributed by atoms with E-state index in [0.29, 0.717) is 17.7 Å². The van der Waals surface area contributed by atoms with Gasteiger partial charge in [0.05, 0.1) is 0 Å². The lowest BCUT2D eigenvalue weighted by Crippen LogP contribution is -2.48. The lowest BCUT2D eigenvalue weighted by molar-refractivity contribution is 0.0569. The molecule has 1 aromatic heterocycles. The molecule has 2 saturated heterocycles. The van der Waals surface area contributed by atoms with Gasteiger partial charge in [-0.05, 0) is 30.3 Å². The van der Waals surface area contributed by atoms with Crippen molar-refractivity contribution in [3.8, 4) is 0 Å². The minimum Gasteiger partial charge on any atom is -0.333 e. The molecule has 0 bridgehead atoms. The van der Waals surface area contributed by atoms with E-state index in [1.807, 2.05) is 4.90 Å². The summed E-state index contributed by atoms with van der Waals surface area (Å²) in [6.07, 6.45) is 2.34. The summed E-state index contributed by atoms with van der Waals surface area (Å²) in [6, 6.07) is 0.364. The Morgan fingerprint density at radius 1 is 1.56 bits per heavy atom. The third kappa shape index (κ3) is 1.62. The predicted molar refractivity (Wildman–Crippen MR) is 60.3 cm³/mol. The Morgan fingerprint density at radius 2 is 2.50 bits per heavy atom. The third-order valence-corrected chi connectivity index (χ3v) is 4.02. The highest BCUT2D eigenvalue weighted by Crippen LogP contribution is 2.27. The van der Waals surface area contributed by atoms with Crippen LogP contribution in [0.4, 0.5) is 0 Å². The number of carbonyl (C=O) groups excluding carboxylic acids is 1. The molecule has 2 aliphatic rings. The smallest absolute Gasteiger partial charge is 0.275 e. The first-order valence-electron chi connectivity index (χ1n) is 5.65. The zero-order valence-corrected chi connectivity index (χ0v) is 9.74. The quantitative estimate of drug-likeness (QED) is 0.767. The zero-order valence-electron chi connectivity index (χ0n) is 8.93. The standard InChI is InChI=1S/C10H14N4OS/c15-10(8-6-16-13-12-8)14-3-1-2-7-4-11-5-9(7)14/h6-7,9,11H,1-5H2. The topological polar surface area (TPSA) is 58.1 Å². The number of amides is 1. The van der Waals surface area contributed by atoms with Gasteiger partial charge in [-0.1, -0.05) is 4.49 Å². The molecule has 1 N–H and O–H groups in total. The Bertz CT molecular complexity index is 380. The van der Waals surface area contributed by atoms with E-state index in [0.717, 1.165) is 26.1 Å². The normalized spacial score (nSPS) is 29.1. The molecule has 16 heavy (non-hydrogen) atoms. The van der Waals surface area contributed by atoms with Crippen LogP contribution in [-0.4, -0.2) is 46.1 Å². The molecule has 3 heterocycles. The summed E-state index contributed by atoms with van der Waals surface area (Å²) in [5.41, 5.74) is 0.498. The van der Waals surface area contributed by atoms with E-state index >= 15 is 0 Å². The summed E-state index contributed by atoms with van der Waals surface area (Å²) in [5.74, 6) is 0.677. The van der Waals surface area contributed by atoms with Gasteiger partial charge in [0.25, 0.3) is 5.91 Å². The highest BCUT2D eigenvalue weighted by Gasteiger charge is 2.38. The summed E-state index contributed by atoms with van der Waals surface area (Å²) in [7, 11) is 0. The molecule has 0 aliphatic carbocycles. The van der Waals surface area contributed by atoms with Crippen LogP contribution in [-0.2, 0) is 0 Å². The molecular weight excluding hydrogens is 224 g/mol. The van der Waals surface area contributed by atoms with E-state index in [1.54, 1.807) is 5.38 Å². The maximum Gasteiger partial charge on any atom is 0.275 e. The molecule has 3 rings (SSSR count). The highest BCUT2D eigenvalue weighted by atomic mass is 32.1. The van der Waals surface area contributed by atoms with Crippen LogP contribution in [0.1, 0.15) is 23.3 Å². The number of aromatic nitrogens is 2. The fraction of sp³-hybridized carbons (Fsp3) is 0.700. The molecule has 0 radical (unpaired) electrons. The minimum atomic E-state index is 0.0483. The van der Waals surface area contributed by atoms with Gasteiger partial charge in [-0.15, -0.1) is 5.10 Å². The minimum absolute atomic E-state index is 0.0483. The number of nitrogens with zero attached hydrogens (tertiary/aromatic N) is 3. The van der Waals surface area contributed by atoms with Crippen molar-refractivity contribution in [2.45, 2.75) is 18.9 Å². The summed E-state index contributed by atoms with van der Waals surface area (Å²) < 4.78 is 3.75. The summed E-state index contributed by atoms with van der Waals surface area (Å²) in [5, 5.41) is 8.96. The molecule has 0 aromatic carbocycles. The number of hydrogen-bond acceptors (Lipinski definition) is 5. The Balaban J connectivity index is 1.80. The molecule has 2 unspecified atom stereocenters. The SMILES string of the molecule is O=C(c1csnn1)N1CCCC2CNCC21. The molecule has 2 aliphatic heterocycles. The van der Waals surface area contributed by atoms with Crippen LogP contribution in [0.5, 0.6) is 0 Å². The molecule has 6 heteroatoms. The summed E-state index contributed by atoms with van der Waals surface area (Å²) in [4.78, 5) is 14.2. The van der Waals surface area contributed by atoms with Gasteiger partial charge in [0.15, 0.2) is 5.69 Å². The average Bonchev–Trinajstić information content (AvgIpc) is 2.98. The van der Waals surface area contributed by atoms with E-state index in [-0.39, 0.29) is 5.91 Å². The van der Waals surface area contributed by atoms with Gasteiger partial charge in [0.2, 0.25) is 0 Å². The largest absolute Gasteiger partial charge is 0.333 e. The van der Waals surface area contributed by atoms with Crippen LogP contribution in [0.3, 0.4) is 0 Å². The van der Waals surface area contributed by atoms with E-state index in [2.05, 4.69) is 14.9 Å². The first-order chi connectivity index (χ1) is 7.86. The number of piperidine rings is 1. The Labute approximate surface area is 98.0 Å². The number of fused-ring (bicyclic) bond motifs is 1. The molecule has 86 valence electrons. The molecule has 0 saturated carbocycles. The molecule has 1 amide bonds. The number of nitrogens with one attached hydrogen (secondary N) is 1. The fourth-order valence-corrected chi connectivity index (χ4v) is 3.16. The van der Waals surface area contributed by atoms with Crippen molar-refractivity contribution < 1.29 is 4.79 Å². The zero-order chi connectivity index (χ0) is 11.0. The number of likely N-dealkylation sites (tertiary alicyclic amines) is 1. The second-order valence-electron chi connectivity index (χ2n) is 4.42. The van der Waals surface area contributed by atoms with Crippen LogP contribution >= 0.6 is 11.5 Å². The van der Waals surface area contributed by atoms with Crippen LogP contribution < -0.4 is 5.32 Å². The average molecular weight is 238 g/mol. The second-order valence-corrected chi connectivity index (χ2v) is 5.03. The van der Waals surface area contributed by atoms with E-state index in [1.165, 1.54) is 18.0 Å². The van der Waals surface area contributed by atoms with E-state index in [4.69, 9.17) is 0 Å². The second kappa shape index (κ2) is 4.10. The predicted octanol–water partition coefficient (Wildman–Crippen LogP) is 0.362. The van der Waals surface area contributed by atoms with Gasteiger partial charge < -0.3 is 10.2 Å². The fourth-order valence-electron chi connectivity index (χ4n) is 2.73. The molecule has 2 fully saturated rings. The van der Waals surface area contributed by atoms with Crippen LogP contribution in [0, 0.1) is 5.92 Å². The lowest BCUT2D eigenvalue weighted by atomic mass is 9.92. The highest BCUT2D eigenvalue weighted by molar-refractivity contribution is 7.03. The van der Waals surface area contributed by atoms with Crippen molar-refractivity contribution in [1.82, 2.24) is 19.8 Å². The lowest BCUT2D eigenvalue weighted by Gasteiger charge is -2.36. The van der Waals surface area contributed by atoms with Gasteiger partial charge in [0.1, 0.15) is 0 Å². The van der Waals surface area contributed by atoms with E-state index < -0.39 is 0 Å². The number of hydrogen-bond donors (Lipinski definition) is 1. The van der Waals surface area contributed by atoms with Crippen molar-refractivity contribution in [2.24, 2.45) is 5.92 Å². The molecule has 5 nitrogen and oxygen atoms in total. The first kappa shape index (κ1) is 10.2. The Kier molecular flexibility index (Phi) is 2.61. The molecular formula is C10H14N4OS. The van der Waals surface area contributed by atoms with Gasteiger partial charge >= 0.3 is 0 Å².